The van der Waals surface area contributed by atoms with E-state index < -0.39 is 0 Å². The summed E-state index contributed by atoms with van der Waals surface area (Å²) in [6.07, 6.45) is 0. The summed E-state index contributed by atoms with van der Waals surface area (Å²) in [6.45, 7) is 2.31. The largest absolute Gasteiger partial charge is 0.398 e. The fraction of sp³-hybridized carbons (Fsp3) is 0.278. The second kappa shape index (κ2) is 8.33. The van der Waals surface area contributed by atoms with Crippen molar-refractivity contribution in [2.75, 3.05) is 42.3 Å². The summed E-state index contributed by atoms with van der Waals surface area (Å²) in [5.74, 6) is -0.133. The molecule has 0 spiro atoms. The lowest BCUT2D eigenvalue weighted by atomic mass is 10.0. The summed E-state index contributed by atoms with van der Waals surface area (Å²) in [5.41, 5.74) is 10.0. The van der Waals surface area contributed by atoms with Crippen molar-refractivity contribution in [3.63, 3.8) is 0 Å². The standard InChI is InChI=1S/C18H23N3O3/c1-13(24)20-15-4-2-3-14(11-15)17-12-16(5-6-18(17)19)21(7-9-22)8-10-23/h2-6,11-12,22-23H,7-10,19H2,1H3,(H,20,24). The van der Waals surface area contributed by atoms with Gasteiger partial charge in [-0.3, -0.25) is 4.79 Å². The number of amides is 1. The van der Waals surface area contributed by atoms with Gasteiger partial charge in [0.2, 0.25) is 5.91 Å². The summed E-state index contributed by atoms with van der Waals surface area (Å²) >= 11 is 0. The average Bonchev–Trinajstić information content (AvgIpc) is 2.55. The maximum Gasteiger partial charge on any atom is 0.221 e. The molecule has 0 aliphatic heterocycles. The van der Waals surface area contributed by atoms with Crippen LogP contribution < -0.4 is 16.0 Å². The minimum absolute atomic E-state index is 0.00226. The van der Waals surface area contributed by atoms with Gasteiger partial charge in [0.25, 0.3) is 0 Å². The molecule has 6 nitrogen and oxygen atoms in total. The third-order valence-electron chi connectivity index (χ3n) is 3.64. The number of nitrogens with zero attached hydrogens (tertiary/aromatic N) is 1. The van der Waals surface area contributed by atoms with Gasteiger partial charge >= 0.3 is 0 Å². The summed E-state index contributed by atoms with van der Waals surface area (Å²) < 4.78 is 0. The molecule has 0 saturated carbocycles. The molecule has 0 unspecified atom stereocenters. The lowest BCUT2D eigenvalue weighted by Gasteiger charge is -2.24. The van der Waals surface area contributed by atoms with Crippen molar-refractivity contribution < 1.29 is 15.0 Å². The van der Waals surface area contributed by atoms with Crippen LogP contribution in [-0.2, 0) is 4.79 Å². The summed E-state index contributed by atoms with van der Waals surface area (Å²) in [6, 6.07) is 13.0. The van der Waals surface area contributed by atoms with Crippen LogP contribution in [0.2, 0.25) is 0 Å². The molecule has 5 N–H and O–H groups in total. The molecule has 2 aromatic carbocycles. The number of aliphatic hydroxyl groups excluding tert-OH is 2. The number of rotatable bonds is 7. The Kier molecular flexibility index (Phi) is 6.17. The molecule has 2 aromatic rings. The summed E-state index contributed by atoms with van der Waals surface area (Å²) in [4.78, 5) is 13.1. The Morgan fingerprint density at radius 2 is 1.83 bits per heavy atom. The molecular formula is C18H23N3O3. The molecule has 6 heteroatoms. The topological polar surface area (TPSA) is 98.8 Å². The maximum absolute atomic E-state index is 11.2. The second-order valence-electron chi connectivity index (χ2n) is 5.47. The zero-order valence-electron chi connectivity index (χ0n) is 13.7. The summed E-state index contributed by atoms with van der Waals surface area (Å²) in [5, 5.41) is 21.2. The quantitative estimate of drug-likeness (QED) is 0.579. The van der Waals surface area contributed by atoms with E-state index in [-0.39, 0.29) is 19.1 Å². The van der Waals surface area contributed by atoms with Crippen molar-refractivity contribution in [2.24, 2.45) is 0 Å². The number of nitrogens with two attached hydrogens (primary N) is 1. The van der Waals surface area contributed by atoms with Crippen LogP contribution >= 0.6 is 0 Å². The first-order valence-corrected chi connectivity index (χ1v) is 7.79. The molecule has 0 bridgehead atoms. The van der Waals surface area contributed by atoms with Crippen molar-refractivity contribution >= 4 is 23.0 Å². The molecule has 0 fully saturated rings. The van der Waals surface area contributed by atoms with Crippen LogP contribution in [0.3, 0.4) is 0 Å². The van der Waals surface area contributed by atoms with Gasteiger partial charge in [-0.2, -0.15) is 0 Å². The zero-order valence-corrected chi connectivity index (χ0v) is 13.7. The van der Waals surface area contributed by atoms with Gasteiger partial charge in [-0.15, -0.1) is 0 Å². The van der Waals surface area contributed by atoms with Crippen molar-refractivity contribution in [2.45, 2.75) is 6.92 Å². The molecule has 0 aliphatic rings. The predicted octanol–water partition coefficient (Wildman–Crippen LogP) is 1.69. The van der Waals surface area contributed by atoms with E-state index in [2.05, 4.69) is 5.32 Å². The third-order valence-corrected chi connectivity index (χ3v) is 3.64. The van der Waals surface area contributed by atoms with Crippen LogP contribution in [0.5, 0.6) is 0 Å². The van der Waals surface area contributed by atoms with Crippen LogP contribution in [0.4, 0.5) is 17.1 Å². The highest BCUT2D eigenvalue weighted by molar-refractivity contribution is 5.90. The van der Waals surface area contributed by atoms with Crippen LogP contribution in [0.1, 0.15) is 6.92 Å². The van der Waals surface area contributed by atoms with Gasteiger partial charge in [-0.05, 0) is 35.9 Å². The predicted molar refractivity (Wildman–Crippen MR) is 97.0 cm³/mol. The van der Waals surface area contributed by atoms with Gasteiger partial charge in [-0.1, -0.05) is 12.1 Å². The van der Waals surface area contributed by atoms with E-state index in [1.807, 2.05) is 41.3 Å². The van der Waals surface area contributed by atoms with Crippen molar-refractivity contribution in [1.82, 2.24) is 0 Å². The van der Waals surface area contributed by atoms with Gasteiger partial charge in [0.1, 0.15) is 0 Å². The first-order chi connectivity index (χ1) is 11.5. The number of hydrogen-bond donors (Lipinski definition) is 4. The Bertz CT molecular complexity index is 698. The lowest BCUT2D eigenvalue weighted by molar-refractivity contribution is -0.114. The Balaban J connectivity index is 2.39. The normalized spacial score (nSPS) is 10.5. The Morgan fingerprint density at radius 3 is 2.46 bits per heavy atom. The van der Waals surface area contributed by atoms with Crippen LogP contribution in [0, 0.1) is 0 Å². The van der Waals surface area contributed by atoms with E-state index in [9.17, 15) is 15.0 Å². The van der Waals surface area contributed by atoms with Gasteiger partial charge in [0.05, 0.1) is 13.2 Å². The van der Waals surface area contributed by atoms with E-state index in [1.165, 1.54) is 6.92 Å². The van der Waals surface area contributed by atoms with E-state index in [0.29, 0.717) is 24.5 Å². The smallest absolute Gasteiger partial charge is 0.221 e. The van der Waals surface area contributed by atoms with Crippen molar-refractivity contribution in [1.29, 1.82) is 0 Å². The minimum atomic E-state index is -0.133. The van der Waals surface area contributed by atoms with E-state index >= 15 is 0 Å². The molecule has 128 valence electrons. The van der Waals surface area contributed by atoms with E-state index in [4.69, 9.17) is 5.73 Å². The molecule has 0 aromatic heterocycles. The van der Waals surface area contributed by atoms with E-state index in [1.54, 1.807) is 6.07 Å². The Labute approximate surface area is 141 Å². The number of carbonyl (C=O) groups excluding carboxylic acids is 1. The highest BCUT2D eigenvalue weighted by Gasteiger charge is 2.10. The van der Waals surface area contributed by atoms with Crippen LogP contribution in [0.25, 0.3) is 11.1 Å². The first-order valence-electron chi connectivity index (χ1n) is 7.79. The van der Waals surface area contributed by atoms with Gasteiger partial charge < -0.3 is 26.2 Å². The van der Waals surface area contributed by atoms with Gasteiger partial charge in [0.15, 0.2) is 0 Å². The Morgan fingerprint density at radius 1 is 1.12 bits per heavy atom. The van der Waals surface area contributed by atoms with E-state index in [0.717, 1.165) is 16.8 Å². The van der Waals surface area contributed by atoms with Crippen LogP contribution in [-0.4, -0.2) is 42.4 Å². The highest BCUT2D eigenvalue weighted by Crippen LogP contribution is 2.31. The number of nitrogen functional groups attached to an aromatic ring is 1. The number of anilines is 3. The Hall–Kier alpha value is -2.57. The van der Waals surface area contributed by atoms with Crippen LogP contribution in [0.15, 0.2) is 42.5 Å². The minimum Gasteiger partial charge on any atom is -0.398 e. The lowest BCUT2D eigenvalue weighted by Crippen LogP contribution is -2.29. The molecule has 0 atom stereocenters. The molecular weight excluding hydrogens is 306 g/mol. The average molecular weight is 329 g/mol. The maximum atomic E-state index is 11.2. The van der Waals surface area contributed by atoms with Gasteiger partial charge in [0, 0.05) is 42.6 Å². The zero-order chi connectivity index (χ0) is 17.5. The third kappa shape index (κ3) is 4.47. The second-order valence-corrected chi connectivity index (χ2v) is 5.47. The number of aliphatic hydroxyl groups is 2. The van der Waals surface area contributed by atoms with Crippen molar-refractivity contribution in [3.05, 3.63) is 42.5 Å². The number of hydrogen-bond acceptors (Lipinski definition) is 5. The number of nitrogens with one attached hydrogen (secondary N) is 1. The number of benzene rings is 2. The molecule has 0 heterocycles. The fourth-order valence-corrected chi connectivity index (χ4v) is 2.57. The number of carbonyl (C=O) groups is 1. The molecule has 24 heavy (non-hydrogen) atoms. The SMILES string of the molecule is CC(=O)Nc1cccc(-c2cc(N(CCO)CCO)ccc2N)c1. The highest BCUT2D eigenvalue weighted by atomic mass is 16.3. The first kappa shape index (κ1) is 17.8. The van der Waals surface area contributed by atoms with Crippen molar-refractivity contribution in [3.8, 4) is 11.1 Å². The summed E-state index contributed by atoms with van der Waals surface area (Å²) in [7, 11) is 0. The molecule has 2 rings (SSSR count). The molecule has 1 amide bonds. The fourth-order valence-electron chi connectivity index (χ4n) is 2.57. The molecule has 0 radical (unpaired) electrons. The molecule has 0 saturated heterocycles. The monoisotopic (exact) mass is 329 g/mol. The van der Waals surface area contributed by atoms with Gasteiger partial charge in [-0.25, -0.2) is 0 Å². The molecule has 0 aliphatic carbocycles.